The van der Waals surface area contributed by atoms with Crippen LogP contribution in [0.4, 0.5) is 10.6 Å². The van der Waals surface area contributed by atoms with E-state index in [4.69, 9.17) is 21.1 Å². The number of aryl methyl sites for hydroxylation is 1. The molecule has 3 rings (SSSR count). The van der Waals surface area contributed by atoms with Crippen molar-refractivity contribution >= 4 is 34.4 Å². The Hall–Kier alpha value is -2.87. The highest BCUT2D eigenvalue weighted by Crippen LogP contribution is 2.38. The number of ether oxygens (including phenoxy) is 2. The Bertz CT molecular complexity index is 1040. The predicted molar refractivity (Wildman–Crippen MR) is 108 cm³/mol. The number of methoxy groups -OCH3 is 1. The molecule has 0 spiro atoms. The van der Waals surface area contributed by atoms with E-state index >= 15 is 0 Å². The minimum atomic E-state index is -0.634. The van der Waals surface area contributed by atoms with Gasteiger partial charge in [0.05, 0.1) is 24.5 Å². The average molecular weight is 404 g/mol. The van der Waals surface area contributed by atoms with Crippen LogP contribution in [0, 0.1) is 0 Å². The van der Waals surface area contributed by atoms with Gasteiger partial charge in [-0.1, -0.05) is 11.6 Å². The number of hydrogen-bond donors (Lipinski definition) is 0. The molecule has 0 aliphatic rings. The Morgan fingerprint density at radius 2 is 1.93 bits per heavy atom. The van der Waals surface area contributed by atoms with Crippen molar-refractivity contribution in [2.24, 2.45) is 7.05 Å². The standard InChI is InChI=1S/C19H22ClN5O3/c1-19(2,3)28-18(26)25(5)16-15(17(27-6)23-10-22-16)12-7-11-8-14(20)21-9-13(11)24(12)4/h7-10H,1-6H3. The van der Waals surface area contributed by atoms with E-state index in [9.17, 15) is 4.79 Å². The van der Waals surface area contributed by atoms with E-state index in [2.05, 4.69) is 15.0 Å². The van der Waals surface area contributed by atoms with Crippen molar-refractivity contribution in [2.75, 3.05) is 19.1 Å². The number of amides is 1. The average Bonchev–Trinajstić information content (AvgIpc) is 2.94. The molecule has 148 valence electrons. The van der Waals surface area contributed by atoms with Gasteiger partial charge in [-0.3, -0.25) is 4.90 Å². The van der Waals surface area contributed by atoms with Crippen molar-refractivity contribution in [3.05, 3.63) is 29.8 Å². The minimum absolute atomic E-state index is 0.338. The lowest BCUT2D eigenvalue weighted by Crippen LogP contribution is -2.35. The molecule has 3 aromatic rings. The summed E-state index contributed by atoms with van der Waals surface area (Å²) in [5, 5.41) is 1.29. The predicted octanol–water partition coefficient (Wildman–Crippen LogP) is 4.06. The van der Waals surface area contributed by atoms with Gasteiger partial charge in [-0.25, -0.2) is 19.7 Å². The van der Waals surface area contributed by atoms with Gasteiger partial charge >= 0.3 is 6.09 Å². The van der Waals surface area contributed by atoms with Gasteiger partial charge in [0.1, 0.15) is 22.6 Å². The second-order valence-electron chi connectivity index (χ2n) is 7.28. The van der Waals surface area contributed by atoms with Gasteiger partial charge in [-0.15, -0.1) is 0 Å². The van der Waals surface area contributed by atoms with Crippen molar-refractivity contribution in [3.63, 3.8) is 0 Å². The van der Waals surface area contributed by atoms with Crippen LogP contribution in [0.15, 0.2) is 24.7 Å². The van der Waals surface area contributed by atoms with Gasteiger partial charge in [-0.2, -0.15) is 0 Å². The van der Waals surface area contributed by atoms with E-state index in [1.807, 2.05) is 17.7 Å². The lowest BCUT2D eigenvalue weighted by molar-refractivity contribution is 0.0588. The molecule has 0 saturated carbocycles. The first-order valence-corrected chi connectivity index (χ1v) is 8.97. The summed E-state index contributed by atoms with van der Waals surface area (Å²) >= 11 is 6.03. The van der Waals surface area contributed by atoms with Crippen LogP contribution < -0.4 is 9.64 Å². The van der Waals surface area contributed by atoms with Crippen LogP contribution in [0.5, 0.6) is 5.88 Å². The molecule has 1 amide bonds. The second-order valence-corrected chi connectivity index (χ2v) is 7.66. The number of aromatic nitrogens is 4. The van der Waals surface area contributed by atoms with E-state index in [1.54, 1.807) is 40.1 Å². The van der Waals surface area contributed by atoms with Gasteiger partial charge < -0.3 is 14.0 Å². The molecule has 0 radical (unpaired) electrons. The van der Waals surface area contributed by atoms with Crippen molar-refractivity contribution < 1.29 is 14.3 Å². The minimum Gasteiger partial charge on any atom is -0.480 e. The van der Waals surface area contributed by atoms with E-state index in [0.29, 0.717) is 22.4 Å². The zero-order valence-corrected chi connectivity index (χ0v) is 17.4. The van der Waals surface area contributed by atoms with Crippen LogP contribution >= 0.6 is 11.6 Å². The molecular formula is C19H22ClN5O3. The molecule has 3 aromatic heterocycles. The fourth-order valence-corrected chi connectivity index (χ4v) is 3.02. The molecule has 0 unspecified atom stereocenters. The van der Waals surface area contributed by atoms with Crippen LogP contribution in [0.25, 0.3) is 22.2 Å². The number of hydrogen-bond acceptors (Lipinski definition) is 6. The van der Waals surface area contributed by atoms with E-state index in [1.165, 1.54) is 18.3 Å². The highest BCUT2D eigenvalue weighted by Gasteiger charge is 2.27. The Morgan fingerprint density at radius 3 is 2.57 bits per heavy atom. The number of pyridine rings is 1. The summed E-state index contributed by atoms with van der Waals surface area (Å²) in [6.45, 7) is 5.42. The smallest absolute Gasteiger partial charge is 0.415 e. The Labute approximate surface area is 168 Å². The van der Waals surface area contributed by atoms with Crippen LogP contribution in [0.3, 0.4) is 0 Å². The first-order chi connectivity index (χ1) is 13.1. The molecule has 28 heavy (non-hydrogen) atoms. The maximum atomic E-state index is 12.6. The maximum absolute atomic E-state index is 12.6. The van der Waals surface area contributed by atoms with Crippen LogP contribution in [0.2, 0.25) is 5.15 Å². The molecule has 0 N–H and O–H groups in total. The molecule has 0 bridgehead atoms. The fourth-order valence-electron chi connectivity index (χ4n) is 2.86. The summed E-state index contributed by atoms with van der Waals surface area (Å²) in [6, 6.07) is 3.70. The number of nitrogens with zero attached hydrogens (tertiary/aromatic N) is 5. The van der Waals surface area contributed by atoms with Crippen molar-refractivity contribution in [2.45, 2.75) is 26.4 Å². The number of carbonyl (C=O) groups is 1. The van der Waals surface area contributed by atoms with Crippen molar-refractivity contribution in [3.8, 4) is 17.1 Å². The zero-order chi connectivity index (χ0) is 20.6. The molecule has 0 saturated heterocycles. The molecular weight excluding hydrogens is 382 g/mol. The van der Waals surface area contributed by atoms with E-state index in [0.717, 1.165) is 16.6 Å². The third-order valence-electron chi connectivity index (χ3n) is 4.12. The summed E-state index contributed by atoms with van der Waals surface area (Å²) in [5.74, 6) is 0.705. The van der Waals surface area contributed by atoms with Crippen LogP contribution in [-0.2, 0) is 11.8 Å². The molecule has 0 aliphatic carbocycles. The molecule has 0 atom stereocenters. The monoisotopic (exact) mass is 403 g/mol. The Morgan fingerprint density at radius 1 is 1.21 bits per heavy atom. The lowest BCUT2D eigenvalue weighted by Gasteiger charge is -2.25. The third-order valence-corrected chi connectivity index (χ3v) is 4.33. The Kier molecular flexibility index (Phi) is 5.16. The molecule has 0 fully saturated rings. The first kappa shape index (κ1) is 19.9. The van der Waals surface area contributed by atoms with Crippen molar-refractivity contribution in [1.29, 1.82) is 0 Å². The zero-order valence-electron chi connectivity index (χ0n) is 16.6. The van der Waals surface area contributed by atoms with E-state index in [-0.39, 0.29) is 0 Å². The number of carbonyl (C=O) groups excluding carboxylic acids is 1. The molecule has 9 heteroatoms. The first-order valence-electron chi connectivity index (χ1n) is 8.59. The highest BCUT2D eigenvalue weighted by atomic mass is 35.5. The number of anilines is 1. The summed E-state index contributed by atoms with van der Waals surface area (Å²) in [5.41, 5.74) is 1.55. The lowest BCUT2D eigenvalue weighted by atomic mass is 10.2. The van der Waals surface area contributed by atoms with Crippen LogP contribution in [0.1, 0.15) is 20.8 Å². The quantitative estimate of drug-likeness (QED) is 0.613. The number of rotatable bonds is 3. The SMILES string of the molecule is COc1ncnc(N(C)C(=O)OC(C)(C)C)c1-c1cc2cc(Cl)ncc2n1C. The maximum Gasteiger partial charge on any atom is 0.415 e. The summed E-state index contributed by atoms with van der Waals surface area (Å²) < 4.78 is 12.9. The van der Waals surface area contributed by atoms with Gasteiger partial charge in [0.15, 0.2) is 5.82 Å². The fraction of sp³-hybridized carbons (Fsp3) is 0.368. The molecule has 0 aliphatic heterocycles. The van der Waals surface area contributed by atoms with E-state index < -0.39 is 11.7 Å². The highest BCUT2D eigenvalue weighted by molar-refractivity contribution is 6.30. The normalized spacial score (nSPS) is 11.5. The second kappa shape index (κ2) is 7.27. The van der Waals surface area contributed by atoms with Gasteiger partial charge in [-0.05, 0) is 32.9 Å². The van der Waals surface area contributed by atoms with Gasteiger partial charge in [0, 0.05) is 19.5 Å². The number of fused-ring (bicyclic) bond motifs is 1. The van der Waals surface area contributed by atoms with Crippen molar-refractivity contribution in [1.82, 2.24) is 19.5 Å². The summed E-state index contributed by atoms with van der Waals surface area (Å²) in [6.07, 6.45) is 2.51. The Balaban J connectivity index is 2.18. The van der Waals surface area contributed by atoms with Gasteiger partial charge in [0.25, 0.3) is 0 Å². The van der Waals surface area contributed by atoms with Gasteiger partial charge in [0.2, 0.25) is 5.88 Å². The molecule has 0 aromatic carbocycles. The summed E-state index contributed by atoms with van der Waals surface area (Å²) in [7, 11) is 5.00. The topological polar surface area (TPSA) is 82.4 Å². The molecule has 3 heterocycles. The number of halogens is 1. The third kappa shape index (κ3) is 3.73. The largest absolute Gasteiger partial charge is 0.480 e. The summed E-state index contributed by atoms with van der Waals surface area (Å²) in [4.78, 5) is 26.6. The molecule has 8 nitrogen and oxygen atoms in total. The van der Waals surface area contributed by atoms with Crippen LogP contribution in [-0.4, -0.2) is 45.4 Å².